The summed E-state index contributed by atoms with van der Waals surface area (Å²) in [6, 6.07) is 24.1. The Kier molecular flexibility index (Phi) is 9.21. The van der Waals surface area contributed by atoms with Crippen molar-refractivity contribution in [1.29, 1.82) is 0 Å². The van der Waals surface area contributed by atoms with Crippen LogP contribution >= 0.6 is 0 Å². The Morgan fingerprint density at radius 2 is 1.62 bits per heavy atom. The molecule has 0 spiro atoms. The molecule has 244 valence electrons. The maximum atomic E-state index is 14.0. The molecule has 12 heteroatoms. The number of carbonyl (C=O) groups is 2. The number of carbonyl (C=O) groups excluding carboxylic acids is 2. The van der Waals surface area contributed by atoms with Gasteiger partial charge in [-0.25, -0.2) is 14.2 Å². The Morgan fingerprint density at radius 1 is 0.957 bits per heavy atom. The Balaban J connectivity index is 1.10. The summed E-state index contributed by atoms with van der Waals surface area (Å²) in [5.74, 6) is -0.794. The number of nitrogens with one attached hydrogen (secondary N) is 1. The highest BCUT2D eigenvalue weighted by Crippen LogP contribution is 2.36. The van der Waals surface area contributed by atoms with Crippen LogP contribution in [0.4, 0.5) is 20.6 Å². The first kappa shape index (κ1) is 31.7. The standard InChI is InChI=1S/C35H37FN6O5/c36-25-11-13-27(14-12-25)47-31-30(37)33(44)42(23-38-31)22-35(46)16-19-40(20-17-35)32(43)28-15-18-41(21-29(28)24-7-3-1-4-8-24)34(45)39-26-9-5-2-6-10-26/h1-14,23,28-29,46H,15-22,37H2,(H,39,45)/t28-,29+/m1/s1. The smallest absolute Gasteiger partial charge is 0.321 e. The molecular weight excluding hydrogens is 603 g/mol. The molecule has 2 fully saturated rings. The van der Waals surface area contributed by atoms with Gasteiger partial charge in [0.15, 0.2) is 5.69 Å². The van der Waals surface area contributed by atoms with E-state index in [0.717, 1.165) is 5.56 Å². The van der Waals surface area contributed by atoms with Crippen LogP contribution in [0.25, 0.3) is 0 Å². The molecule has 4 aromatic rings. The molecule has 0 unspecified atom stereocenters. The number of urea groups is 1. The van der Waals surface area contributed by atoms with Gasteiger partial charge in [0, 0.05) is 43.7 Å². The monoisotopic (exact) mass is 640 g/mol. The number of halogens is 1. The first-order valence-electron chi connectivity index (χ1n) is 15.6. The SMILES string of the molecule is Nc1c(Oc2ccc(F)cc2)ncn(CC2(O)CCN(C(=O)[C@@H]3CCN(C(=O)Nc4ccccc4)C[C@H]3c3ccccc3)CC2)c1=O. The topological polar surface area (TPSA) is 143 Å². The molecule has 2 saturated heterocycles. The predicted octanol–water partition coefficient (Wildman–Crippen LogP) is 4.45. The van der Waals surface area contributed by atoms with Gasteiger partial charge >= 0.3 is 6.03 Å². The van der Waals surface area contributed by atoms with Crippen LogP contribution in [-0.2, 0) is 11.3 Å². The predicted molar refractivity (Wildman–Crippen MR) is 174 cm³/mol. The minimum Gasteiger partial charge on any atom is -0.437 e. The van der Waals surface area contributed by atoms with E-state index in [0.29, 0.717) is 38.3 Å². The number of aliphatic hydroxyl groups is 1. The van der Waals surface area contributed by atoms with Crippen molar-refractivity contribution >= 4 is 23.3 Å². The van der Waals surface area contributed by atoms with E-state index in [1.54, 1.807) is 9.80 Å². The second-order valence-electron chi connectivity index (χ2n) is 12.2. The van der Waals surface area contributed by atoms with Crippen LogP contribution in [0.1, 0.15) is 30.7 Å². The van der Waals surface area contributed by atoms with Crippen LogP contribution in [0.5, 0.6) is 11.6 Å². The molecule has 3 aromatic carbocycles. The molecule has 0 bridgehead atoms. The van der Waals surface area contributed by atoms with Gasteiger partial charge in [-0.2, -0.15) is 0 Å². The summed E-state index contributed by atoms with van der Waals surface area (Å²) in [5, 5.41) is 14.4. The minimum atomic E-state index is -1.26. The number of likely N-dealkylation sites (tertiary alicyclic amines) is 2. The number of ether oxygens (including phenoxy) is 1. The van der Waals surface area contributed by atoms with E-state index >= 15 is 0 Å². The fraction of sp³-hybridized carbons (Fsp3) is 0.314. The lowest BCUT2D eigenvalue weighted by molar-refractivity contribution is -0.142. The van der Waals surface area contributed by atoms with Crippen LogP contribution in [0.3, 0.4) is 0 Å². The average molecular weight is 641 g/mol. The zero-order valence-corrected chi connectivity index (χ0v) is 25.8. The van der Waals surface area contributed by atoms with Gasteiger partial charge in [-0.05, 0) is 61.2 Å². The van der Waals surface area contributed by atoms with Crippen molar-refractivity contribution in [2.45, 2.75) is 37.3 Å². The van der Waals surface area contributed by atoms with Gasteiger partial charge in [-0.1, -0.05) is 48.5 Å². The first-order chi connectivity index (χ1) is 22.7. The van der Waals surface area contributed by atoms with Crippen molar-refractivity contribution in [3.05, 3.63) is 113 Å². The third kappa shape index (κ3) is 7.28. The Labute approximate surface area is 271 Å². The summed E-state index contributed by atoms with van der Waals surface area (Å²) in [7, 11) is 0. The second kappa shape index (κ2) is 13.6. The molecule has 0 saturated carbocycles. The fourth-order valence-electron chi connectivity index (χ4n) is 6.35. The quantitative estimate of drug-likeness (QED) is 0.271. The highest BCUT2D eigenvalue weighted by molar-refractivity contribution is 5.90. The molecule has 2 aliphatic heterocycles. The van der Waals surface area contributed by atoms with Gasteiger partial charge in [0.2, 0.25) is 11.8 Å². The number of nitrogens with zero attached hydrogens (tertiary/aromatic N) is 4. The highest BCUT2D eigenvalue weighted by atomic mass is 19.1. The molecule has 1 aromatic heterocycles. The number of hydrogen-bond donors (Lipinski definition) is 3. The molecular formula is C35H37FN6O5. The Morgan fingerprint density at radius 3 is 2.30 bits per heavy atom. The molecule has 11 nitrogen and oxygen atoms in total. The van der Waals surface area contributed by atoms with Crippen molar-refractivity contribution in [2.24, 2.45) is 5.92 Å². The number of benzene rings is 3. The van der Waals surface area contributed by atoms with E-state index in [4.69, 9.17) is 10.5 Å². The Bertz CT molecular complexity index is 1760. The van der Waals surface area contributed by atoms with E-state index in [9.17, 15) is 23.9 Å². The number of amides is 3. The van der Waals surface area contributed by atoms with Crippen LogP contribution in [0, 0.1) is 11.7 Å². The summed E-state index contributed by atoms with van der Waals surface area (Å²) in [6.45, 7) is 1.41. The number of aromatic nitrogens is 2. The molecule has 2 atom stereocenters. The third-order valence-electron chi connectivity index (χ3n) is 9.00. The maximum Gasteiger partial charge on any atom is 0.321 e. The van der Waals surface area contributed by atoms with E-state index in [2.05, 4.69) is 10.3 Å². The van der Waals surface area contributed by atoms with E-state index < -0.39 is 17.0 Å². The number of piperidine rings is 2. The van der Waals surface area contributed by atoms with Gasteiger partial charge < -0.3 is 30.7 Å². The summed E-state index contributed by atoms with van der Waals surface area (Å²) in [6.07, 6.45) is 2.29. The second-order valence-corrected chi connectivity index (χ2v) is 12.2. The summed E-state index contributed by atoms with van der Waals surface area (Å²) < 4.78 is 20.0. The Hall–Kier alpha value is -5.23. The van der Waals surface area contributed by atoms with Crippen LogP contribution < -0.4 is 21.3 Å². The first-order valence-corrected chi connectivity index (χ1v) is 15.6. The van der Waals surface area contributed by atoms with Crippen molar-refractivity contribution < 1.29 is 23.8 Å². The summed E-state index contributed by atoms with van der Waals surface area (Å²) in [4.78, 5) is 47.8. The molecule has 2 aliphatic rings. The number of anilines is 2. The molecule has 3 amide bonds. The molecule has 6 rings (SSSR count). The van der Waals surface area contributed by atoms with Gasteiger partial charge in [0.1, 0.15) is 17.9 Å². The lowest BCUT2D eigenvalue weighted by Gasteiger charge is -2.43. The zero-order valence-electron chi connectivity index (χ0n) is 25.8. The number of para-hydroxylation sites is 1. The van der Waals surface area contributed by atoms with Crippen LogP contribution in [-0.4, -0.2) is 68.2 Å². The minimum absolute atomic E-state index is 0.00519. The number of rotatable bonds is 7. The number of hydrogen-bond acceptors (Lipinski definition) is 7. The third-order valence-corrected chi connectivity index (χ3v) is 9.00. The molecule has 47 heavy (non-hydrogen) atoms. The maximum absolute atomic E-state index is 14.0. The van der Waals surface area contributed by atoms with Crippen LogP contribution in [0.2, 0.25) is 0 Å². The fourth-order valence-corrected chi connectivity index (χ4v) is 6.35. The van der Waals surface area contributed by atoms with E-state index in [1.807, 2.05) is 60.7 Å². The molecule has 3 heterocycles. The van der Waals surface area contributed by atoms with Gasteiger partial charge in [-0.3, -0.25) is 14.2 Å². The normalized spacial score (nSPS) is 19.2. The summed E-state index contributed by atoms with van der Waals surface area (Å²) >= 11 is 0. The van der Waals surface area contributed by atoms with Gasteiger partial charge in [-0.15, -0.1) is 0 Å². The van der Waals surface area contributed by atoms with E-state index in [1.165, 1.54) is 35.2 Å². The van der Waals surface area contributed by atoms with Gasteiger partial charge in [0.25, 0.3) is 5.56 Å². The zero-order chi connectivity index (χ0) is 33.0. The van der Waals surface area contributed by atoms with Crippen molar-refractivity contribution in [2.75, 3.05) is 37.2 Å². The van der Waals surface area contributed by atoms with Crippen molar-refractivity contribution in [1.82, 2.24) is 19.4 Å². The average Bonchev–Trinajstić information content (AvgIpc) is 3.09. The van der Waals surface area contributed by atoms with E-state index in [-0.39, 0.29) is 60.5 Å². The lowest BCUT2D eigenvalue weighted by atomic mass is 9.79. The highest BCUT2D eigenvalue weighted by Gasteiger charge is 2.41. The largest absolute Gasteiger partial charge is 0.437 e. The number of nitrogens with two attached hydrogens (primary N) is 1. The van der Waals surface area contributed by atoms with Crippen molar-refractivity contribution in [3.8, 4) is 11.6 Å². The lowest BCUT2D eigenvalue weighted by Crippen LogP contribution is -2.53. The molecule has 0 aliphatic carbocycles. The summed E-state index contributed by atoms with van der Waals surface area (Å²) in [5.41, 5.74) is 5.67. The van der Waals surface area contributed by atoms with Gasteiger partial charge in [0.05, 0.1) is 12.1 Å². The molecule has 0 radical (unpaired) electrons. The van der Waals surface area contributed by atoms with Crippen LogP contribution in [0.15, 0.2) is 96.1 Å². The molecule has 4 N–H and O–H groups in total. The number of nitrogen functional groups attached to an aromatic ring is 1. The van der Waals surface area contributed by atoms with Crippen molar-refractivity contribution in [3.63, 3.8) is 0 Å².